The first-order chi connectivity index (χ1) is 15.9. The van der Waals surface area contributed by atoms with Crippen LogP contribution in [0.3, 0.4) is 0 Å². The van der Waals surface area contributed by atoms with Gasteiger partial charge in [0.1, 0.15) is 11.2 Å². The fourth-order valence-electron chi connectivity index (χ4n) is 4.00. The van der Waals surface area contributed by atoms with E-state index in [1.54, 1.807) is 17.6 Å². The van der Waals surface area contributed by atoms with E-state index in [0.29, 0.717) is 12.2 Å². The summed E-state index contributed by atoms with van der Waals surface area (Å²) in [6.45, 7) is 2.17. The lowest BCUT2D eigenvalue weighted by Gasteiger charge is -2.43. The highest BCUT2D eigenvalue weighted by molar-refractivity contribution is 7.98. The first-order valence-corrected chi connectivity index (χ1v) is 11.6. The van der Waals surface area contributed by atoms with Gasteiger partial charge in [-0.15, -0.1) is 11.8 Å². The van der Waals surface area contributed by atoms with E-state index in [2.05, 4.69) is 10.3 Å². The van der Waals surface area contributed by atoms with Gasteiger partial charge in [0.2, 0.25) is 5.91 Å². The zero-order valence-electron chi connectivity index (χ0n) is 18.6. The second kappa shape index (κ2) is 9.11. The molecule has 4 rings (SSSR count). The highest BCUT2D eigenvalue weighted by Gasteiger charge is 2.49. The Morgan fingerprint density at radius 1 is 1.18 bits per heavy atom. The Hall–Kier alpha value is -3.59. The number of thioether (sulfide) groups is 1. The van der Waals surface area contributed by atoms with Gasteiger partial charge in [0.25, 0.3) is 5.91 Å². The minimum Gasteiger partial charge on any atom is -0.464 e. The monoisotopic (exact) mass is 464 g/mol. The van der Waals surface area contributed by atoms with E-state index >= 15 is 0 Å². The fourth-order valence-corrected chi connectivity index (χ4v) is 4.45. The minimum atomic E-state index is -1.26. The van der Waals surface area contributed by atoms with Gasteiger partial charge in [-0.3, -0.25) is 14.5 Å². The van der Waals surface area contributed by atoms with E-state index < -0.39 is 17.4 Å². The van der Waals surface area contributed by atoms with Crippen LogP contribution in [0.2, 0.25) is 0 Å². The van der Waals surface area contributed by atoms with Crippen LogP contribution in [0.4, 0.5) is 5.69 Å². The maximum absolute atomic E-state index is 13.8. The summed E-state index contributed by atoms with van der Waals surface area (Å²) in [5, 5.41) is 2.97. The number of esters is 1. The lowest BCUT2D eigenvalue weighted by molar-refractivity contribution is -0.126. The molecule has 0 spiro atoms. The van der Waals surface area contributed by atoms with Gasteiger partial charge in [-0.2, -0.15) is 0 Å². The largest absolute Gasteiger partial charge is 0.464 e. The van der Waals surface area contributed by atoms with Crippen molar-refractivity contribution in [3.8, 4) is 0 Å². The molecule has 0 aliphatic carbocycles. The number of benzene rings is 2. The van der Waals surface area contributed by atoms with Crippen molar-refractivity contribution in [3.05, 3.63) is 77.9 Å². The van der Waals surface area contributed by atoms with E-state index in [4.69, 9.17) is 4.74 Å². The molecular formula is C24H24N4O4S. The van der Waals surface area contributed by atoms with Crippen molar-refractivity contribution in [2.45, 2.75) is 30.4 Å². The molecule has 0 bridgehead atoms. The molecule has 2 amide bonds. The predicted molar refractivity (Wildman–Crippen MR) is 125 cm³/mol. The molecule has 0 unspecified atom stereocenters. The highest BCUT2D eigenvalue weighted by Crippen LogP contribution is 2.35. The number of anilines is 1. The number of rotatable bonds is 6. The predicted octanol–water partition coefficient (Wildman–Crippen LogP) is 3.13. The second-order valence-corrected chi connectivity index (χ2v) is 8.73. The molecule has 33 heavy (non-hydrogen) atoms. The van der Waals surface area contributed by atoms with Crippen molar-refractivity contribution in [2.24, 2.45) is 0 Å². The second-order valence-electron chi connectivity index (χ2n) is 7.85. The van der Waals surface area contributed by atoms with Gasteiger partial charge in [-0.05, 0) is 36.9 Å². The third-order valence-electron chi connectivity index (χ3n) is 5.69. The van der Waals surface area contributed by atoms with Gasteiger partial charge in [0.05, 0.1) is 20.0 Å². The Morgan fingerprint density at radius 3 is 2.64 bits per heavy atom. The molecule has 2 aromatic carbocycles. The van der Waals surface area contributed by atoms with Crippen LogP contribution in [-0.2, 0) is 22.6 Å². The maximum Gasteiger partial charge on any atom is 0.359 e. The summed E-state index contributed by atoms with van der Waals surface area (Å²) in [6, 6.07) is 17.0. The van der Waals surface area contributed by atoms with E-state index in [0.717, 1.165) is 10.5 Å². The molecule has 1 N–H and O–H groups in total. The van der Waals surface area contributed by atoms with Gasteiger partial charge < -0.3 is 14.6 Å². The smallest absolute Gasteiger partial charge is 0.359 e. The standard InChI is InChI=1S/C24H24N4O4S/c1-24(23(31)25-13-16-8-5-4-6-9-16)14-27-15-26-19(22(30)32-2)20(27)21(29)28(24)17-10-7-11-18(12-17)33-3/h4-12,15H,13-14H2,1-3H3,(H,25,31)/t24-/m0/s1. The molecule has 170 valence electrons. The SMILES string of the molecule is COC(=O)c1ncn2c1C(=O)N(c1cccc(SC)c1)[C@](C)(C(=O)NCc1ccccc1)C2. The van der Waals surface area contributed by atoms with Crippen molar-refractivity contribution < 1.29 is 19.1 Å². The topological polar surface area (TPSA) is 93.5 Å². The number of imidazole rings is 1. The Kier molecular flexibility index (Phi) is 6.24. The summed E-state index contributed by atoms with van der Waals surface area (Å²) in [5.41, 5.74) is 0.283. The third kappa shape index (κ3) is 4.11. The summed E-state index contributed by atoms with van der Waals surface area (Å²) >= 11 is 1.53. The van der Waals surface area contributed by atoms with Crippen LogP contribution >= 0.6 is 11.8 Å². The van der Waals surface area contributed by atoms with E-state index in [-0.39, 0.29) is 23.8 Å². The van der Waals surface area contributed by atoms with E-state index in [1.165, 1.54) is 30.1 Å². The van der Waals surface area contributed by atoms with Crippen molar-refractivity contribution in [1.82, 2.24) is 14.9 Å². The number of aromatic nitrogens is 2. The molecule has 1 atom stereocenters. The maximum atomic E-state index is 13.8. The van der Waals surface area contributed by atoms with Crippen LogP contribution in [0.25, 0.3) is 0 Å². The molecule has 0 fully saturated rings. The molecule has 1 aliphatic heterocycles. The number of hydrogen-bond donors (Lipinski definition) is 1. The first kappa shape index (κ1) is 22.6. The summed E-state index contributed by atoms with van der Waals surface area (Å²) in [4.78, 5) is 46.1. The fraction of sp³-hybridized carbons (Fsp3) is 0.250. The van der Waals surface area contributed by atoms with Crippen molar-refractivity contribution in [2.75, 3.05) is 18.3 Å². The molecule has 0 saturated heterocycles. The Labute approximate surface area is 195 Å². The summed E-state index contributed by atoms with van der Waals surface area (Å²) < 4.78 is 6.35. The van der Waals surface area contributed by atoms with Crippen LogP contribution in [0.15, 0.2) is 65.8 Å². The van der Waals surface area contributed by atoms with Gasteiger partial charge in [-0.1, -0.05) is 36.4 Å². The average Bonchev–Trinajstić information content (AvgIpc) is 3.26. The lowest BCUT2D eigenvalue weighted by Crippen LogP contribution is -2.64. The zero-order chi connectivity index (χ0) is 23.6. The number of hydrogen-bond acceptors (Lipinski definition) is 6. The number of nitrogens with one attached hydrogen (secondary N) is 1. The van der Waals surface area contributed by atoms with Gasteiger partial charge in [0, 0.05) is 17.1 Å². The van der Waals surface area contributed by atoms with E-state index in [9.17, 15) is 14.4 Å². The molecule has 3 aromatic rings. The van der Waals surface area contributed by atoms with Gasteiger partial charge >= 0.3 is 5.97 Å². The summed E-state index contributed by atoms with van der Waals surface area (Å²) in [6.07, 6.45) is 3.34. The number of methoxy groups -OCH3 is 1. The molecule has 0 radical (unpaired) electrons. The van der Waals surface area contributed by atoms with Crippen LogP contribution < -0.4 is 10.2 Å². The molecule has 8 nitrogen and oxygen atoms in total. The number of carbonyl (C=O) groups excluding carboxylic acids is 3. The number of carbonyl (C=O) groups is 3. The lowest BCUT2D eigenvalue weighted by atomic mass is 9.93. The Morgan fingerprint density at radius 2 is 1.94 bits per heavy atom. The quantitative estimate of drug-likeness (QED) is 0.445. The minimum absolute atomic E-state index is 0.0692. The molecule has 9 heteroatoms. The molecular weight excluding hydrogens is 440 g/mol. The van der Waals surface area contributed by atoms with Crippen molar-refractivity contribution in [1.29, 1.82) is 0 Å². The third-order valence-corrected chi connectivity index (χ3v) is 6.42. The highest BCUT2D eigenvalue weighted by atomic mass is 32.2. The first-order valence-electron chi connectivity index (χ1n) is 10.3. The zero-order valence-corrected chi connectivity index (χ0v) is 19.4. The normalized spacial score (nSPS) is 17.4. The van der Waals surface area contributed by atoms with Gasteiger partial charge in [-0.25, -0.2) is 9.78 Å². The average molecular weight is 465 g/mol. The number of ether oxygens (including phenoxy) is 1. The van der Waals surface area contributed by atoms with Crippen LogP contribution in [0.1, 0.15) is 33.5 Å². The number of amides is 2. The Balaban J connectivity index is 1.77. The van der Waals surface area contributed by atoms with E-state index in [1.807, 2.05) is 54.8 Å². The van der Waals surface area contributed by atoms with Gasteiger partial charge in [0.15, 0.2) is 5.69 Å². The molecule has 1 aromatic heterocycles. The van der Waals surface area contributed by atoms with Crippen LogP contribution in [0, 0.1) is 0 Å². The molecule has 2 heterocycles. The van der Waals surface area contributed by atoms with Crippen LogP contribution in [-0.4, -0.2) is 46.2 Å². The summed E-state index contributed by atoms with van der Waals surface area (Å²) in [7, 11) is 1.24. The van der Waals surface area contributed by atoms with Crippen molar-refractivity contribution in [3.63, 3.8) is 0 Å². The summed E-state index contributed by atoms with van der Waals surface area (Å²) in [5.74, 6) is -1.50. The number of nitrogens with zero attached hydrogens (tertiary/aromatic N) is 3. The van der Waals surface area contributed by atoms with Crippen molar-refractivity contribution >= 4 is 35.2 Å². The molecule has 1 aliphatic rings. The Bertz CT molecular complexity index is 1210. The van der Waals surface area contributed by atoms with Crippen LogP contribution in [0.5, 0.6) is 0 Å². The number of fused-ring (bicyclic) bond motifs is 1. The molecule has 0 saturated carbocycles.